The van der Waals surface area contributed by atoms with E-state index in [1.54, 1.807) is 103 Å². The van der Waals surface area contributed by atoms with Gasteiger partial charge in [-0.3, -0.25) is 74.4 Å². The average molecular weight is 1800 g/mol. The van der Waals surface area contributed by atoms with Gasteiger partial charge in [-0.1, -0.05) is 71.6 Å². The molecule has 42 nitrogen and oxygen atoms in total. The number of imidazole rings is 2. The maximum absolute atomic E-state index is 13.1. The summed E-state index contributed by atoms with van der Waals surface area (Å²) in [6.07, 6.45) is 10.5. The molecule has 0 aliphatic carbocycles. The molecule has 42 heteroatoms. The Balaban J connectivity index is 0.000000125. The van der Waals surface area contributed by atoms with Crippen molar-refractivity contribution in [2.24, 2.45) is 0 Å². The quantitative estimate of drug-likeness (QED) is 0.0550. The first-order valence-corrected chi connectivity index (χ1v) is 40.6. The predicted molar refractivity (Wildman–Crippen MR) is 468 cm³/mol. The van der Waals surface area contributed by atoms with Gasteiger partial charge in [0.2, 0.25) is 22.2 Å². The molecule has 4 atom stereocenters. The molecular formula is C92H71N23O19. The highest BCUT2D eigenvalue weighted by atomic mass is 16.5. The van der Waals surface area contributed by atoms with Crippen LogP contribution >= 0.6 is 0 Å². The van der Waals surface area contributed by atoms with Crippen molar-refractivity contribution in [2.75, 3.05) is 61.7 Å². The lowest BCUT2D eigenvalue weighted by Gasteiger charge is -2.26. The smallest absolute Gasteiger partial charge is 0.354 e. The fraction of sp³-hybridized carbons (Fsp3) is 0.196. The number of aromatic carboxylic acids is 1. The third-order valence-electron chi connectivity index (χ3n) is 22.5. The van der Waals surface area contributed by atoms with E-state index in [1.807, 2.05) is 19.1 Å². The number of carboxylic acid groups (broad SMARTS) is 1. The minimum Gasteiger partial charge on any atom is -0.497 e. The molecule has 16 heterocycles. The second-order valence-corrected chi connectivity index (χ2v) is 31.2. The van der Waals surface area contributed by atoms with Crippen LogP contribution in [0.3, 0.4) is 0 Å². The van der Waals surface area contributed by atoms with Crippen molar-refractivity contribution in [1.82, 2.24) is 117 Å². The summed E-state index contributed by atoms with van der Waals surface area (Å²) in [5.41, 5.74) is 3.38. The lowest BCUT2D eigenvalue weighted by Crippen LogP contribution is -2.54. The fourth-order valence-electron chi connectivity index (χ4n) is 15.8. The van der Waals surface area contributed by atoms with Gasteiger partial charge in [-0.15, -0.1) is 0 Å². The van der Waals surface area contributed by atoms with E-state index in [0.29, 0.717) is 114 Å². The number of aromatic nitrogens is 10. The molecule has 4 saturated heterocycles. The Labute approximate surface area is 756 Å². The summed E-state index contributed by atoms with van der Waals surface area (Å²) in [6.45, 7) is 2.29. The van der Waals surface area contributed by atoms with E-state index in [2.05, 4.69) is 145 Å². The lowest BCUT2D eigenvalue weighted by molar-refractivity contribution is -0.123. The molecule has 8 aliphatic rings. The molecular weight excluding hydrogens is 1730 g/mol. The van der Waals surface area contributed by atoms with Crippen LogP contribution in [-0.2, 0) is 45.4 Å². The number of H-pyrrole nitrogens is 2. The fourth-order valence-corrected chi connectivity index (χ4v) is 15.8. The second-order valence-electron chi connectivity index (χ2n) is 31.2. The van der Waals surface area contributed by atoms with E-state index < -0.39 is 75.9 Å². The summed E-state index contributed by atoms with van der Waals surface area (Å²) in [7, 11) is 7.56. The number of fused-ring (bicyclic) bond motifs is 8. The standard InChI is InChI=1S/C25H20N6O5.C24H17N5O6.C22H18N6O4.C21H16N6O4/c1-26-21(32)19-6-4-14-10-27-11-15(20(14)28-19)7-8-25(23(34)29-24(35)30-25)13-31-12-16-3-5-17(36-2)9-18(16)22(31)33;1-35-16-4-2-15-11-29(20(30)17(15)8-16)12-24(22(33)27-23(34)28-24)7-6-14-10-25-9-13-3-5-18(21(31)32)26-19(13)14;1-12-24-17-7-13(9-23-18(17)25-12)5-6-22(20(30)26-21(31)27-22)11-28-10-14-3-4-15(32-2)8-16(14)19(28)29;1-31-14-3-2-13-9-27(18(28)15(13)7-14)10-21(19(29)25-20(30)26-21)5-4-12-6-16-17(22-8-12)24-11-23-16/h3-6,9-11H,12-13H2,1-2H3,(H,26,32)(H2,29,30,34,35);2-5,8-10H,11-12H2,1H3,(H,31,32)(H2,27,28,33,34);3-4,7-9H,10-11H2,1-2H3,(H,23,24,25)(H2,26,27,30,31);2-3,6-8,11H,9-10H2,1H3,(H,22,23,24)(H2,25,26,29,30)/t25-;24-;22-;21-/m1111/s1. The molecule has 134 heavy (non-hydrogen) atoms. The highest BCUT2D eigenvalue weighted by Crippen LogP contribution is 2.35. The molecule has 12 N–H and O–H groups in total. The number of urea groups is 4. The minimum absolute atomic E-state index is 0.104. The van der Waals surface area contributed by atoms with Crippen LogP contribution < -0.4 is 66.8 Å². The number of ether oxygens (including phenoxy) is 4. The van der Waals surface area contributed by atoms with Gasteiger partial charge in [-0.25, -0.2) is 53.9 Å². The van der Waals surface area contributed by atoms with E-state index in [4.69, 9.17) is 18.9 Å². The minimum atomic E-state index is -1.73. The summed E-state index contributed by atoms with van der Waals surface area (Å²) >= 11 is 0. The van der Waals surface area contributed by atoms with Crippen molar-refractivity contribution in [1.29, 1.82) is 0 Å². The monoisotopic (exact) mass is 1800 g/mol. The van der Waals surface area contributed by atoms with Crippen molar-refractivity contribution in [3.63, 3.8) is 0 Å². The first-order valence-electron chi connectivity index (χ1n) is 40.6. The Kier molecular flexibility index (Phi) is 22.9. The van der Waals surface area contributed by atoms with Crippen molar-refractivity contribution < 1.29 is 91.2 Å². The highest BCUT2D eigenvalue weighted by Gasteiger charge is 2.53. The lowest BCUT2D eigenvalue weighted by atomic mass is 9.99. The van der Waals surface area contributed by atoms with Gasteiger partial charge in [-0.2, -0.15) is 0 Å². The summed E-state index contributed by atoms with van der Waals surface area (Å²) in [6, 6.07) is 27.7. The molecule has 0 radical (unpaired) electrons. The molecule has 12 aromatic rings. The number of carbonyl (C=O) groups is 14. The summed E-state index contributed by atoms with van der Waals surface area (Å²) in [5.74, 6) is 20.5. The van der Waals surface area contributed by atoms with Crippen LogP contribution in [-0.4, -0.2) is 242 Å². The van der Waals surface area contributed by atoms with Gasteiger partial charge in [-0.05, 0) is 114 Å². The SMILES string of the molecule is CNC(=O)c1ccc2cncc(C#C[C@]3(CN4Cc5ccc(OC)cc5C4=O)NC(=O)NC3=O)c2n1.COc1ccc2c(c1)C(=O)N(C[C@@]1(C#Cc3cnc4nc(C)[nH]c4c3)NC(=O)NC1=O)C2.COc1ccc2c(c1)C(=O)N(C[C@@]1(C#Cc3cnc4nc[nH]c4c3)NC(=O)NC1=O)C2.COc1ccc2c(c1)C(=O)N(C[C@@]1(C#Cc3cncc4ccc(C(=O)O)nc34)NC(=O)NC1=O)C2. The number of amides is 17. The zero-order valence-corrected chi connectivity index (χ0v) is 71.3. The highest BCUT2D eigenvalue weighted by molar-refractivity contribution is 6.14. The van der Waals surface area contributed by atoms with E-state index in [0.717, 1.165) is 28.1 Å². The maximum Gasteiger partial charge on any atom is 0.354 e. The van der Waals surface area contributed by atoms with Gasteiger partial charge in [0, 0.05) is 115 Å². The number of hydrogen-bond acceptors (Lipinski definition) is 26. The van der Waals surface area contributed by atoms with Crippen molar-refractivity contribution >= 4 is 127 Å². The Morgan fingerprint density at radius 3 is 1.12 bits per heavy atom. The molecule has 0 unspecified atom stereocenters. The summed E-state index contributed by atoms with van der Waals surface area (Å²) < 4.78 is 20.8. The van der Waals surface area contributed by atoms with E-state index in [-0.39, 0.29) is 91.3 Å². The third kappa shape index (κ3) is 17.1. The number of pyridine rings is 6. The zero-order valence-electron chi connectivity index (χ0n) is 71.3. The molecule has 4 fully saturated rings. The number of rotatable bonds is 14. The van der Waals surface area contributed by atoms with Crippen molar-refractivity contribution in [3.05, 3.63) is 237 Å². The van der Waals surface area contributed by atoms with Gasteiger partial charge in [0.1, 0.15) is 40.2 Å². The predicted octanol–water partition coefficient (Wildman–Crippen LogP) is 2.92. The van der Waals surface area contributed by atoms with Crippen LogP contribution in [0.25, 0.3) is 44.1 Å². The number of carbonyl (C=O) groups excluding carboxylic acids is 13. The molecule has 8 aromatic heterocycles. The van der Waals surface area contributed by atoms with Crippen LogP contribution in [0, 0.1) is 54.3 Å². The molecule has 20 rings (SSSR count). The Bertz CT molecular complexity index is 7460. The van der Waals surface area contributed by atoms with Crippen LogP contribution in [0.1, 0.15) is 113 Å². The van der Waals surface area contributed by atoms with Gasteiger partial charge >= 0.3 is 30.1 Å². The number of aryl methyl sites for hydroxylation is 1. The number of carboxylic acids is 1. The van der Waals surface area contributed by atoms with Crippen molar-refractivity contribution in [3.8, 4) is 70.4 Å². The van der Waals surface area contributed by atoms with Crippen molar-refractivity contribution in [2.45, 2.75) is 55.3 Å². The number of benzene rings is 4. The average Bonchev–Trinajstić information content (AvgIpc) is 1.62. The van der Waals surface area contributed by atoms with Crippen LogP contribution in [0.5, 0.6) is 23.0 Å². The van der Waals surface area contributed by atoms with Crippen LogP contribution in [0.4, 0.5) is 19.2 Å². The van der Waals surface area contributed by atoms with Crippen LogP contribution in [0.2, 0.25) is 0 Å². The number of nitrogens with zero attached hydrogens (tertiary/aromatic N) is 12. The molecule has 668 valence electrons. The number of hydrogen-bond donors (Lipinski definition) is 12. The van der Waals surface area contributed by atoms with Gasteiger partial charge in [0.05, 0.1) is 94.1 Å². The summed E-state index contributed by atoms with van der Waals surface area (Å²) in [4.78, 5) is 220. The Hall–Kier alpha value is -18.7. The molecule has 0 spiro atoms. The molecule has 0 saturated carbocycles. The number of imide groups is 4. The number of methoxy groups -OCH3 is 4. The van der Waals surface area contributed by atoms with Crippen LogP contribution in [0.15, 0.2) is 153 Å². The first kappa shape index (κ1) is 87.3. The first-order chi connectivity index (χ1) is 64.5. The Morgan fingerprint density at radius 2 is 0.769 bits per heavy atom. The van der Waals surface area contributed by atoms with E-state index in [9.17, 15) is 72.2 Å². The largest absolute Gasteiger partial charge is 0.497 e. The van der Waals surface area contributed by atoms with E-state index in [1.165, 1.54) is 92.3 Å². The number of nitrogens with one attached hydrogen (secondary N) is 11. The number of aromatic amines is 2. The van der Waals surface area contributed by atoms with E-state index >= 15 is 0 Å². The molecule has 17 amide bonds. The normalized spacial score (nSPS) is 18.9. The van der Waals surface area contributed by atoms with Gasteiger partial charge in [0.25, 0.3) is 53.2 Å². The maximum atomic E-state index is 13.1. The van der Waals surface area contributed by atoms with Gasteiger partial charge in [0.15, 0.2) is 11.3 Å². The topological polar surface area (TPSA) is 552 Å². The summed E-state index contributed by atoms with van der Waals surface area (Å²) in [5, 5.41) is 32.1. The second kappa shape index (κ2) is 35.1. The molecule has 0 bridgehead atoms. The van der Waals surface area contributed by atoms with Gasteiger partial charge < -0.3 is 80.2 Å². The Morgan fingerprint density at radius 1 is 0.418 bits per heavy atom. The molecule has 4 aromatic carbocycles. The molecule has 8 aliphatic heterocycles. The third-order valence-corrected chi connectivity index (χ3v) is 22.5. The zero-order chi connectivity index (χ0) is 94.2.